The fourth-order valence-corrected chi connectivity index (χ4v) is 5.28. The van der Waals surface area contributed by atoms with Gasteiger partial charge in [-0.1, -0.05) is 0 Å². The molecule has 0 saturated carbocycles. The number of ether oxygens (including phenoxy) is 5. The normalized spacial score (nSPS) is 40.0. The Hall–Kier alpha value is 0.0200. The molecule has 4 unspecified atom stereocenters. The van der Waals surface area contributed by atoms with E-state index in [1.54, 1.807) is 13.8 Å². The van der Waals surface area contributed by atoms with Crippen LogP contribution in [-0.4, -0.2) is 90.5 Å². The minimum atomic E-state index is -4.89. The third kappa shape index (κ3) is 7.00. The molecule has 31 heavy (non-hydrogen) atoms. The van der Waals surface area contributed by atoms with E-state index in [1.807, 2.05) is 0 Å². The summed E-state index contributed by atoms with van der Waals surface area (Å²) in [5.41, 5.74) is 0. The molecule has 184 valence electrons. The van der Waals surface area contributed by atoms with Crippen molar-refractivity contribution in [3.8, 4) is 0 Å². The van der Waals surface area contributed by atoms with Crippen molar-refractivity contribution in [1.29, 1.82) is 0 Å². The molecule has 0 aromatic heterocycles. The van der Waals surface area contributed by atoms with Crippen LogP contribution in [0.1, 0.15) is 13.8 Å². The molecule has 2 fully saturated rings. The van der Waals surface area contributed by atoms with Gasteiger partial charge in [-0.2, -0.15) is 0 Å². The van der Waals surface area contributed by atoms with Crippen LogP contribution in [0.4, 0.5) is 0 Å². The third-order valence-corrected chi connectivity index (χ3v) is 7.00. The highest BCUT2D eigenvalue weighted by Crippen LogP contribution is 2.47. The van der Waals surface area contributed by atoms with Crippen molar-refractivity contribution in [3.05, 3.63) is 0 Å². The molecule has 0 aromatic carbocycles. The molecule has 2 aliphatic heterocycles. The van der Waals surface area contributed by atoms with Gasteiger partial charge in [0, 0.05) is 28.4 Å². The Morgan fingerprint density at radius 2 is 1.19 bits per heavy atom. The number of phosphoric acid groups is 2. The number of rotatable bonds is 12. The average Bonchev–Trinajstić information content (AvgIpc) is 3.15. The van der Waals surface area contributed by atoms with E-state index < -0.39 is 71.1 Å². The summed E-state index contributed by atoms with van der Waals surface area (Å²) in [5, 5.41) is 0. The first kappa shape index (κ1) is 27.3. The van der Waals surface area contributed by atoms with E-state index in [-0.39, 0.29) is 6.61 Å². The molecule has 0 N–H and O–H groups in total. The van der Waals surface area contributed by atoms with Gasteiger partial charge < -0.3 is 51.6 Å². The monoisotopic (exact) mass is 492 g/mol. The van der Waals surface area contributed by atoms with Crippen molar-refractivity contribution in [1.82, 2.24) is 0 Å². The van der Waals surface area contributed by atoms with Crippen LogP contribution >= 0.6 is 15.6 Å². The maximum atomic E-state index is 12.5. The lowest BCUT2D eigenvalue weighted by Crippen LogP contribution is -2.40. The molecule has 2 saturated heterocycles. The van der Waals surface area contributed by atoms with E-state index in [0.717, 1.165) is 7.11 Å². The maximum absolute atomic E-state index is 12.5. The molecular weight excluding hydrogens is 462 g/mol. The number of hydrogen-bond donors (Lipinski definition) is 0. The highest BCUT2D eigenvalue weighted by molar-refractivity contribution is 7.46. The highest BCUT2D eigenvalue weighted by Gasteiger charge is 2.48. The smallest absolute Gasteiger partial charge is 0.268 e. The second-order valence-electron chi connectivity index (χ2n) is 7.13. The van der Waals surface area contributed by atoms with Crippen LogP contribution in [0.3, 0.4) is 0 Å². The van der Waals surface area contributed by atoms with Gasteiger partial charge in [-0.15, -0.1) is 0 Å². The molecule has 0 spiro atoms. The van der Waals surface area contributed by atoms with Crippen molar-refractivity contribution >= 4 is 15.6 Å². The molecule has 2 heterocycles. The van der Waals surface area contributed by atoms with Crippen molar-refractivity contribution < 1.29 is 60.7 Å². The lowest BCUT2D eigenvalue weighted by atomic mass is 10.1. The summed E-state index contributed by atoms with van der Waals surface area (Å²) in [6.45, 7) is 2.85. The Labute approximate surface area is 181 Å². The zero-order chi connectivity index (χ0) is 23.4. The minimum Gasteiger partial charge on any atom is -0.756 e. The van der Waals surface area contributed by atoms with Gasteiger partial charge in [0.05, 0.1) is 25.4 Å². The number of hydrogen-bond acceptors (Lipinski definition) is 13. The molecular formula is C16H30O13P2-2. The summed E-state index contributed by atoms with van der Waals surface area (Å²) in [4.78, 5) is 24.3. The van der Waals surface area contributed by atoms with E-state index in [1.165, 1.54) is 21.3 Å². The standard InChI is InChI=1S/C16H32O13P2/c1-9-13(22-4)15(11(26-9)7-21-3)29-31(19,20)25-8-12-16(28-30(17,18)24-6)14(23-5)10(2)27-12/h9-16H,7-8H2,1-6H3,(H,17,18)(H,19,20)/p-2/t9-,10-,11+,12+,13?,14?,15-,16-/m0/s1. The zero-order valence-electron chi connectivity index (χ0n) is 18.2. The Balaban J connectivity index is 2.06. The minimum absolute atomic E-state index is 0.0827. The van der Waals surface area contributed by atoms with Crippen LogP contribution < -0.4 is 9.79 Å². The third-order valence-electron chi connectivity index (χ3n) is 5.08. The molecule has 15 heteroatoms. The van der Waals surface area contributed by atoms with E-state index in [9.17, 15) is 18.9 Å². The maximum Gasteiger partial charge on any atom is 0.268 e. The Morgan fingerprint density at radius 1 is 0.742 bits per heavy atom. The zero-order valence-corrected chi connectivity index (χ0v) is 20.0. The molecule has 10 atom stereocenters. The summed E-state index contributed by atoms with van der Waals surface area (Å²) in [5.74, 6) is 0. The predicted molar refractivity (Wildman–Crippen MR) is 100 cm³/mol. The quantitative estimate of drug-likeness (QED) is 0.324. The van der Waals surface area contributed by atoms with Gasteiger partial charge in [-0.05, 0) is 13.8 Å². The topological polar surface area (TPSA) is 163 Å². The van der Waals surface area contributed by atoms with Gasteiger partial charge >= 0.3 is 0 Å². The predicted octanol–water partition coefficient (Wildman–Crippen LogP) is -0.392. The second-order valence-corrected chi connectivity index (χ2v) is 9.96. The largest absolute Gasteiger partial charge is 0.756 e. The molecule has 2 aliphatic rings. The van der Waals surface area contributed by atoms with Gasteiger partial charge in [-0.3, -0.25) is 9.13 Å². The molecule has 2 rings (SSSR count). The van der Waals surface area contributed by atoms with E-state index >= 15 is 0 Å². The van der Waals surface area contributed by atoms with Crippen LogP contribution in [0.15, 0.2) is 0 Å². The van der Waals surface area contributed by atoms with Crippen molar-refractivity contribution in [2.45, 2.75) is 62.7 Å². The fourth-order valence-electron chi connectivity index (χ4n) is 3.69. The van der Waals surface area contributed by atoms with Crippen molar-refractivity contribution in [2.75, 3.05) is 41.7 Å². The van der Waals surface area contributed by atoms with E-state index in [2.05, 4.69) is 4.52 Å². The molecule has 0 aliphatic carbocycles. The highest BCUT2D eigenvalue weighted by atomic mass is 31.2. The van der Waals surface area contributed by atoms with Crippen LogP contribution in [0.5, 0.6) is 0 Å². The summed E-state index contributed by atoms with van der Waals surface area (Å²) in [6.07, 6.45) is -6.47. The second kappa shape index (κ2) is 11.4. The molecule has 13 nitrogen and oxygen atoms in total. The average molecular weight is 492 g/mol. The first-order valence-electron chi connectivity index (χ1n) is 9.53. The molecule has 0 amide bonds. The van der Waals surface area contributed by atoms with Crippen molar-refractivity contribution in [3.63, 3.8) is 0 Å². The fraction of sp³-hybridized carbons (Fsp3) is 1.00. The van der Waals surface area contributed by atoms with Crippen LogP contribution in [0.25, 0.3) is 0 Å². The molecule has 0 radical (unpaired) electrons. The SMILES string of the molecule is COC[C@H]1O[C@@H](C)C(OC)[C@H]1OP(=O)([O-])OC[C@H]1O[C@@H](C)C(OC)[C@H]1OP(=O)([O-])OC. The summed E-state index contributed by atoms with van der Waals surface area (Å²) >= 11 is 0. The lowest BCUT2D eigenvalue weighted by Gasteiger charge is -2.32. The van der Waals surface area contributed by atoms with Crippen LogP contribution in [0, 0.1) is 0 Å². The first-order valence-corrected chi connectivity index (χ1v) is 12.4. The molecule has 0 aromatic rings. The van der Waals surface area contributed by atoms with E-state index in [4.69, 9.17) is 37.3 Å². The van der Waals surface area contributed by atoms with Gasteiger partial charge in [0.25, 0.3) is 15.6 Å². The Kier molecular flexibility index (Phi) is 10.1. The molecule has 0 bridgehead atoms. The lowest BCUT2D eigenvalue weighted by molar-refractivity contribution is -0.238. The number of methoxy groups -OCH3 is 3. The Bertz CT molecular complexity index is 663. The van der Waals surface area contributed by atoms with Crippen LogP contribution in [0.2, 0.25) is 0 Å². The van der Waals surface area contributed by atoms with Gasteiger partial charge in [0.1, 0.15) is 36.6 Å². The first-order chi connectivity index (χ1) is 14.5. The summed E-state index contributed by atoms with van der Waals surface area (Å²) in [7, 11) is -4.41. The van der Waals surface area contributed by atoms with Gasteiger partial charge in [0.2, 0.25) is 0 Å². The van der Waals surface area contributed by atoms with Gasteiger partial charge in [-0.25, -0.2) is 0 Å². The Morgan fingerprint density at radius 3 is 1.61 bits per heavy atom. The number of phosphoric ester groups is 2. The van der Waals surface area contributed by atoms with Crippen LogP contribution in [-0.2, 0) is 50.9 Å². The summed E-state index contributed by atoms with van der Waals surface area (Å²) < 4.78 is 70.6. The van der Waals surface area contributed by atoms with E-state index in [0.29, 0.717) is 0 Å². The van der Waals surface area contributed by atoms with Crippen molar-refractivity contribution in [2.24, 2.45) is 0 Å². The van der Waals surface area contributed by atoms with Gasteiger partial charge in [0.15, 0.2) is 0 Å². The summed E-state index contributed by atoms with van der Waals surface area (Å²) in [6, 6.07) is 0.